The van der Waals surface area contributed by atoms with Crippen LogP contribution in [0.1, 0.15) is 11.1 Å². The lowest BCUT2D eigenvalue weighted by molar-refractivity contribution is 0.411. The molecule has 16 heavy (non-hydrogen) atoms. The summed E-state index contributed by atoms with van der Waals surface area (Å²) < 4.78 is 5.29. The van der Waals surface area contributed by atoms with E-state index < -0.39 is 0 Å². The van der Waals surface area contributed by atoms with E-state index in [2.05, 4.69) is 30.6 Å². The number of benzene rings is 1. The third-order valence-corrected chi connectivity index (χ3v) is 3.74. The molecule has 0 amide bonds. The van der Waals surface area contributed by atoms with Crippen LogP contribution in [-0.4, -0.2) is 12.1 Å². The predicted octanol–water partition coefficient (Wildman–Crippen LogP) is 3.72. The number of methoxy groups -OCH3 is 1. The number of thiazole rings is 1. The van der Waals surface area contributed by atoms with Gasteiger partial charge in [-0.05, 0) is 37.1 Å². The zero-order chi connectivity index (χ0) is 11.7. The molecule has 1 aromatic heterocycles. The summed E-state index contributed by atoms with van der Waals surface area (Å²) in [5.41, 5.74) is 3.45. The highest BCUT2D eigenvalue weighted by molar-refractivity contribution is 7.80. The molecule has 2 rings (SSSR count). The van der Waals surface area contributed by atoms with Crippen molar-refractivity contribution in [1.29, 1.82) is 0 Å². The Morgan fingerprint density at radius 1 is 1.25 bits per heavy atom. The van der Waals surface area contributed by atoms with Crippen LogP contribution >= 0.6 is 24.0 Å². The summed E-state index contributed by atoms with van der Waals surface area (Å²) >= 11 is 5.84. The van der Waals surface area contributed by atoms with Gasteiger partial charge in [-0.3, -0.25) is 0 Å². The molecule has 0 unspecified atom stereocenters. The number of aromatic nitrogens is 1. The van der Waals surface area contributed by atoms with Gasteiger partial charge in [0.05, 0.1) is 7.11 Å². The lowest BCUT2D eigenvalue weighted by Crippen LogP contribution is -1.91. The van der Waals surface area contributed by atoms with Crippen LogP contribution in [0, 0.1) is 13.8 Å². The van der Waals surface area contributed by atoms with Crippen molar-refractivity contribution in [2.45, 2.75) is 18.9 Å². The average Bonchev–Trinajstić information content (AvgIpc) is 2.67. The summed E-state index contributed by atoms with van der Waals surface area (Å²) in [6.07, 6.45) is 0. The Bertz CT molecular complexity index is 520. The van der Waals surface area contributed by atoms with E-state index in [1.165, 1.54) is 5.56 Å². The fraction of sp³-hybridized carbons (Fsp3) is 0.250. The van der Waals surface area contributed by atoms with Crippen molar-refractivity contribution in [3.8, 4) is 16.3 Å². The number of hydrogen-bond acceptors (Lipinski definition) is 4. The first kappa shape index (κ1) is 11.5. The molecule has 1 aromatic carbocycles. The van der Waals surface area contributed by atoms with Gasteiger partial charge >= 0.3 is 0 Å². The molecule has 2 aromatic rings. The molecule has 84 valence electrons. The molecular formula is C12H13NOS2. The molecule has 2 nitrogen and oxygen atoms in total. The highest BCUT2D eigenvalue weighted by Crippen LogP contribution is 2.32. The van der Waals surface area contributed by atoms with Gasteiger partial charge in [-0.2, -0.15) is 0 Å². The topological polar surface area (TPSA) is 22.1 Å². The first-order valence-electron chi connectivity index (χ1n) is 4.92. The van der Waals surface area contributed by atoms with Gasteiger partial charge < -0.3 is 4.74 Å². The molecule has 0 N–H and O–H groups in total. The monoisotopic (exact) mass is 251 g/mol. The molecule has 0 aliphatic rings. The standard InChI is InChI=1S/C12H13NOS2/c1-7-5-10(14-3)8(2)4-9(7)12-13-11(15)6-16-12/h4-6,15H,1-3H3. The number of thiol groups is 1. The van der Waals surface area contributed by atoms with Crippen LogP contribution in [0.2, 0.25) is 0 Å². The van der Waals surface area contributed by atoms with Crippen molar-refractivity contribution >= 4 is 24.0 Å². The van der Waals surface area contributed by atoms with Crippen LogP contribution in [0.3, 0.4) is 0 Å². The molecule has 0 aliphatic heterocycles. The van der Waals surface area contributed by atoms with E-state index in [-0.39, 0.29) is 0 Å². The Morgan fingerprint density at radius 2 is 2.00 bits per heavy atom. The third-order valence-electron chi connectivity index (χ3n) is 2.46. The molecule has 0 spiro atoms. The zero-order valence-electron chi connectivity index (χ0n) is 9.44. The lowest BCUT2D eigenvalue weighted by Gasteiger charge is -2.09. The number of nitrogens with zero attached hydrogens (tertiary/aromatic N) is 1. The van der Waals surface area contributed by atoms with Gasteiger partial charge in [0.2, 0.25) is 0 Å². The second kappa shape index (κ2) is 4.47. The summed E-state index contributed by atoms with van der Waals surface area (Å²) in [5.74, 6) is 0.920. The van der Waals surface area contributed by atoms with Crippen LogP contribution in [0.4, 0.5) is 0 Å². The van der Waals surface area contributed by atoms with Gasteiger partial charge in [-0.15, -0.1) is 24.0 Å². The minimum Gasteiger partial charge on any atom is -0.496 e. The molecule has 0 saturated heterocycles. The van der Waals surface area contributed by atoms with Crippen molar-refractivity contribution in [1.82, 2.24) is 4.98 Å². The summed E-state index contributed by atoms with van der Waals surface area (Å²) in [5, 5.41) is 3.72. The highest BCUT2D eigenvalue weighted by atomic mass is 32.1. The molecule has 0 saturated carbocycles. The molecular weight excluding hydrogens is 238 g/mol. The lowest BCUT2D eigenvalue weighted by atomic mass is 10.1. The van der Waals surface area contributed by atoms with Gasteiger partial charge in [0.1, 0.15) is 15.8 Å². The fourth-order valence-corrected chi connectivity index (χ4v) is 2.72. The Hall–Kier alpha value is -1.00. The van der Waals surface area contributed by atoms with E-state index in [0.29, 0.717) is 0 Å². The second-order valence-corrected chi connectivity index (χ2v) is 4.96. The smallest absolute Gasteiger partial charge is 0.124 e. The Morgan fingerprint density at radius 3 is 2.56 bits per heavy atom. The number of hydrogen-bond donors (Lipinski definition) is 1. The summed E-state index contributed by atoms with van der Waals surface area (Å²) in [4.78, 5) is 4.38. The van der Waals surface area contributed by atoms with Crippen LogP contribution in [0.15, 0.2) is 22.5 Å². The minimum absolute atomic E-state index is 0.771. The van der Waals surface area contributed by atoms with Crippen LogP contribution in [0.5, 0.6) is 5.75 Å². The normalized spacial score (nSPS) is 10.5. The number of rotatable bonds is 2. The van der Waals surface area contributed by atoms with Gasteiger partial charge in [0.25, 0.3) is 0 Å². The number of aryl methyl sites for hydroxylation is 2. The summed E-state index contributed by atoms with van der Waals surface area (Å²) in [7, 11) is 1.69. The Labute approximate surface area is 105 Å². The highest BCUT2D eigenvalue weighted by Gasteiger charge is 2.09. The first-order chi connectivity index (χ1) is 7.61. The molecule has 0 fully saturated rings. The van der Waals surface area contributed by atoms with E-state index in [4.69, 9.17) is 4.74 Å². The van der Waals surface area contributed by atoms with Crippen molar-refractivity contribution in [2.75, 3.05) is 7.11 Å². The van der Waals surface area contributed by atoms with Gasteiger partial charge in [-0.1, -0.05) is 0 Å². The molecule has 4 heteroatoms. The second-order valence-electron chi connectivity index (χ2n) is 3.65. The first-order valence-corrected chi connectivity index (χ1v) is 6.24. The molecule has 1 heterocycles. The van der Waals surface area contributed by atoms with E-state index >= 15 is 0 Å². The zero-order valence-corrected chi connectivity index (χ0v) is 11.2. The van der Waals surface area contributed by atoms with E-state index in [0.717, 1.165) is 26.9 Å². The maximum atomic E-state index is 5.29. The Balaban J connectivity index is 2.54. The molecule has 0 aliphatic carbocycles. The maximum Gasteiger partial charge on any atom is 0.124 e. The van der Waals surface area contributed by atoms with Crippen LogP contribution < -0.4 is 4.74 Å². The molecule has 0 atom stereocenters. The fourth-order valence-electron chi connectivity index (χ4n) is 1.63. The van der Waals surface area contributed by atoms with Crippen molar-refractivity contribution < 1.29 is 4.74 Å². The summed E-state index contributed by atoms with van der Waals surface area (Å²) in [6, 6.07) is 4.16. The largest absolute Gasteiger partial charge is 0.496 e. The van der Waals surface area contributed by atoms with E-state index in [1.54, 1.807) is 18.4 Å². The molecule has 0 bridgehead atoms. The molecule has 0 radical (unpaired) electrons. The van der Waals surface area contributed by atoms with Crippen molar-refractivity contribution in [3.63, 3.8) is 0 Å². The number of ether oxygens (including phenoxy) is 1. The van der Waals surface area contributed by atoms with Gasteiger partial charge in [0, 0.05) is 10.9 Å². The van der Waals surface area contributed by atoms with Crippen LogP contribution in [-0.2, 0) is 0 Å². The maximum absolute atomic E-state index is 5.29. The minimum atomic E-state index is 0.771. The van der Waals surface area contributed by atoms with Crippen molar-refractivity contribution in [2.24, 2.45) is 0 Å². The van der Waals surface area contributed by atoms with Crippen molar-refractivity contribution in [3.05, 3.63) is 28.6 Å². The average molecular weight is 251 g/mol. The SMILES string of the molecule is COc1cc(C)c(-c2nc(S)cs2)cc1C. The van der Waals surface area contributed by atoms with Gasteiger partial charge in [-0.25, -0.2) is 4.98 Å². The van der Waals surface area contributed by atoms with E-state index in [9.17, 15) is 0 Å². The van der Waals surface area contributed by atoms with Gasteiger partial charge in [0.15, 0.2) is 0 Å². The van der Waals surface area contributed by atoms with E-state index in [1.807, 2.05) is 18.4 Å². The predicted molar refractivity (Wildman–Crippen MR) is 70.8 cm³/mol. The van der Waals surface area contributed by atoms with Crippen LogP contribution in [0.25, 0.3) is 10.6 Å². The Kier molecular flexibility index (Phi) is 3.21. The quantitative estimate of drug-likeness (QED) is 0.822. The summed E-state index contributed by atoms with van der Waals surface area (Å²) in [6.45, 7) is 4.11. The third kappa shape index (κ3) is 2.08.